The molecule has 0 unspecified atom stereocenters. The molecule has 0 heterocycles. The van der Waals surface area contributed by atoms with E-state index in [-0.39, 0.29) is 11.8 Å². The van der Waals surface area contributed by atoms with E-state index in [1.165, 1.54) is 7.11 Å². The highest BCUT2D eigenvalue weighted by Crippen LogP contribution is 2.31. The first-order valence-electron chi connectivity index (χ1n) is 7.04. The molecule has 0 radical (unpaired) electrons. The summed E-state index contributed by atoms with van der Waals surface area (Å²) in [6.45, 7) is 0. The molecule has 0 atom stereocenters. The summed E-state index contributed by atoms with van der Waals surface area (Å²) in [6.07, 6.45) is 2.47. The van der Waals surface area contributed by atoms with E-state index in [0.29, 0.717) is 12.0 Å². The van der Waals surface area contributed by atoms with Gasteiger partial charge in [0.05, 0.1) is 12.7 Å². The van der Waals surface area contributed by atoms with E-state index in [4.69, 9.17) is 4.74 Å². The third-order valence-electron chi connectivity index (χ3n) is 3.92. The normalized spacial score (nSPS) is 13.7. The van der Waals surface area contributed by atoms with Crippen LogP contribution in [-0.2, 0) is 11.2 Å². The van der Waals surface area contributed by atoms with Gasteiger partial charge in [-0.1, -0.05) is 30.3 Å². The Labute approximate surface area is 123 Å². The van der Waals surface area contributed by atoms with E-state index in [9.17, 15) is 9.59 Å². The van der Waals surface area contributed by atoms with Crippen molar-refractivity contribution in [1.82, 2.24) is 0 Å². The van der Waals surface area contributed by atoms with Crippen LogP contribution in [0.3, 0.4) is 0 Å². The second-order valence-electron chi connectivity index (χ2n) is 5.18. The van der Waals surface area contributed by atoms with Gasteiger partial charge in [-0.2, -0.15) is 0 Å². The van der Waals surface area contributed by atoms with Crippen molar-refractivity contribution in [3.05, 3.63) is 59.2 Å². The Balaban J connectivity index is 2.03. The highest BCUT2D eigenvalue weighted by Gasteiger charge is 2.20. The molecule has 0 bridgehead atoms. The standard InChI is InChI=1S/C18H16O3/c1-21-18(20)13-10-8-12(9-11-13)14-4-2-6-16-15(14)5-3-7-17(16)19/h2,4,6,8-11H,3,5,7H2,1H3. The molecule has 0 saturated heterocycles. The molecule has 0 amide bonds. The molecule has 1 aliphatic carbocycles. The molecule has 1 aliphatic rings. The van der Waals surface area contributed by atoms with Gasteiger partial charge >= 0.3 is 5.97 Å². The van der Waals surface area contributed by atoms with Crippen LogP contribution in [0.15, 0.2) is 42.5 Å². The topological polar surface area (TPSA) is 43.4 Å². The molecule has 3 nitrogen and oxygen atoms in total. The third-order valence-corrected chi connectivity index (χ3v) is 3.92. The van der Waals surface area contributed by atoms with E-state index in [1.807, 2.05) is 30.3 Å². The van der Waals surface area contributed by atoms with Gasteiger partial charge < -0.3 is 4.74 Å². The number of carbonyl (C=O) groups is 2. The van der Waals surface area contributed by atoms with Crippen LogP contribution in [-0.4, -0.2) is 18.9 Å². The van der Waals surface area contributed by atoms with Crippen LogP contribution in [0.4, 0.5) is 0 Å². The molecule has 106 valence electrons. The SMILES string of the molecule is COC(=O)c1ccc(-c2cccc3c2CCCC3=O)cc1. The Morgan fingerprint density at radius 2 is 1.71 bits per heavy atom. The van der Waals surface area contributed by atoms with Crippen LogP contribution in [0, 0.1) is 0 Å². The number of hydrogen-bond acceptors (Lipinski definition) is 3. The predicted molar refractivity (Wildman–Crippen MR) is 80.5 cm³/mol. The molecule has 0 spiro atoms. The minimum Gasteiger partial charge on any atom is -0.465 e. The summed E-state index contributed by atoms with van der Waals surface area (Å²) < 4.78 is 4.70. The first kappa shape index (κ1) is 13.6. The number of methoxy groups -OCH3 is 1. The number of fused-ring (bicyclic) bond motifs is 1. The van der Waals surface area contributed by atoms with Gasteiger partial charge in [-0.05, 0) is 41.7 Å². The number of rotatable bonds is 2. The van der Waals surface area contributed by atoms with E-state index < -0.39 is 0 Å². The van der Waals surface area contributed by atoms with E-state index in [1.54, 1.807) is 12.1 Å². The van der Waals surface area contributed by atoms with Crippen LogP contribution in [0.1, 0.15) is 39.1 Å². The highest BCUT2D eigenvalue weighted by molar-refractivity contribution is 6.00. The summed E-state index contributed by atoms with van der Waals surface area (Å²) in [6, 6.07) is 13.2. The molecule has 2 aromatic carbocycles. The zero-order valence-electron chi connectivity index (χ0n) is 11.9. The monoisotopic (exact) mass is 280 g/mol. The number of ether oxygens (including phenoxy) is 1. The van der Waals surface area contributed by atoms with Crippen molar-refractivity contribution >= 4 is 11.8 Å². The summed E-state index contributed by atoms with van der Waals surface area (Å²) in [5.41, 5.74) is 4.60. The molecular weight excluding hydrogens is 264 g/mol. The van der Waals surface area contributed by atoms with Crippen molar-refractivity contribution in [2.75, 3.05) is 7.11 Å². The fourth-order valence-electron chi connectivity index (χ4n) is 2.85. The molecule has 2 aromatic rings. The van der Waals surface area contributed by atoms with Crippen molar-refractivity contribution in [2.24, 2.45) is 0 Å². The van der Waals surface area contributed by atoms with Crippen molar-refractivity contribution in [1.29, 1.82) is 0 Å². The number of ketones is 1. The Morgan fingerprint density at radius 3 is 2.43 bits per heavy atom. The zero-order chi connectivity index (χ0) is 14.8. The van der Waals surface area contributed by atoms with Crippen LogP contribution in [0.5, 0.6) is 0 Å². The number of benzene rings is 2. The molecular formula is C18H16O3. The average Bonchev–Trinajstić information content (AvgIpc) is 2.54. The first-order chi connectivity index (χ1) is 10.2. The predicted octanol–water partition coefficient (Wildman–Crippen LogP) is 3.66. The van der Waals surface area contributed by atoms with Gasteiger partial charge in [0.1, 0.15) is 0 Å². The molecule has 21 heavy (non-hydrogen) atoms. The lowest BCUT2D eigenvalue weighted by Crippen LogP contribution is -2.11. The lowest BCUT2D eigenvalue weighted by Gasteiger charge is -2.18. The van der Waals surface area contributed by atoms with Gasteiger partial charge in [0.25, 0.3) is 0 Å². The maximum Gasteiger partial charge on any atom is 0.337 e. The summed E-state index contributed by atoms with van der Waals surface area (Å²) in [5.74, 6) is -0.115. The Morgan fingerprint density at radius 1 is 1.00 bits per heavy atom. The van der Waals surface area contributed by atoms with Crippen LogP contribution < -0.4 is 0 Å². The van der Waals surface area contributed by atoms with Gasteiger partial charge in [0.2, 0.25) is 0 Å². The molecule has 0 N–H and O–H groups in total. The van der Waals surface area contributed by atoms with Gasteiger partial charge in [-0.15, -0.1) is 0 Å². The van der Waals surface area contributed by atoms with Crippen molar-refractivity contribution in [3.63, 3.8) is 0 Å². The average molecular weight is 280 g/mol. The third kappa shape index (κ3) is 2.47. The fraction of sp³-hybridized carbons (Fsp3) is 0.222. The Bertz CT molecular complexity index is 699. The molecule has 0 aliphatic heterocycles. The summed E-state index contributed by atoms with van der Waals surface area (Å²) in [5, 5.41) is 0. The number of esters is 1. The molecule has 3 heteroatoms. The van der Waals surface area contributed by atoms with Crippen LogP contribution >= 0.6 is 0 Å². The van der Waals surface area contributed by atoms with Crippen molar-refractivity contribution in [2.45, 2.75) is 19.3 Å². The summed E-state index contributed by atoms with van der Waals surface area (Å²) in [7, 11) is 1.37. The smallest absolute Gasteiger partial charge is 0.337 e. The quantitative estimate of drug-likeness (QED) is 0.788. The van der Waals surface area contributed by atoms with Crippen molar-refractivity contribution in [3.8, 4) is 11.1 Å². The number of hydrogen-bond donors (Lipinski definition) is 0. The van der Waals surface area contributed by atoms with Crippen molar-refractivity contribution < 1.29 is 14.3 Å². The molecule has 0 fully saturated rings. The van der Waals surface area contributed by atoms with Gasteiger partial charge in [-0.25, -0.2) is 4.79 Å². The minimum absolute atomic E-state index is 0.226. The van der Waals surface area contributed by atoms with Crippen LogP contribution in [0.2, 0.25) is 0 Å². The van der Waals surface area contributed by atoms with E-state index >= 15 is 0 Å². The summed E-state index contributed by atoms with van der Waals surface area (Å²) in [4.78, 5) is 23.5. The second-order valence-corrected chi connectivity index (χ2v) is 5.18. The Hall–Kier alpha value is -2.42. The lowest BCUT2D eigenvalue weighted by atomic mass is 9.85. The van der Waals surface area contributed by atoms with Gasteiger partial charge in [0, 0.05) is 12.0 Å². The maximum absolute atomic E-state index is 12.0. The maximum atomic E-state index is 12.0. The van der Waals surface area contributed by atoms with Gasteiger partial charge in [-0.3, -0.25) is 4.79 Å². The number of carbonyl (C=O) groups excluding carboxylic acids is 2. The lowest BCUT2D eigenvalue weighted by molar-refractivity contribution is 0.0600. The number of Topliss-reactive ketones (excluding diaryl/α,β-unsaturated/α-hetero) is 1. The molecule has 3 rings (SSSR count). The van der Waals surface area contributed by atoms with Crippen LogP contribution in [0.25, 0.3) is 11.1 Å². The first-order valence-corrected chi connectivity index (χ1v) is 7.04. The minimum atomic E-state index is -0.341. The summed E-state index contributed by atoms with van der Waals surface area (Å²) >= 11 is 0. The molecule has 0 aromatic heterocycles. The largest absolute Gasteiger partial charge is 0.465 e. The van der Waals surface area contributed by atoms with E-state index in [2.05, 4.69) is 0 Å². The highest BCUT2D eigenvalue weighted by atomic mass is 16.5. The fourth-order valence-corrected chi connectivity index (χ4v) is 2.85. The Kier molecular flexibility index (Phi) is 3.57. The van der Waals surface area contributed by atoms with Gasteiger partial charge in [0.15, 0.2) is 5.78 Å². The second kappa shape index (κ2) is 5.52. The molecule has 0 saturated carbocycles. The zero-order valence-corrected chi connectivity index (χ0v) is 11.9. The van der Waals surface area contributed by atoms with E-state index in [0.717, 1.165) is 35.1 Å².